The van der Waals surface area contributed by atoms with Crippen LogP contribution in [-0.2, 0) is 14.9 Å². The average Bonchev–Trinajstić information content (AvgIpc) is 3.37. The van der Waals surface area contributed by atoms with Crippen LogP contribution in [0.4, 0.5) is 0 Å². The molecule has 0 atom stereocenters. The molecule has 4 nitrogen and oxygen atoms in total. The maximum atomic E-state index is 12.6. The number of fused-ring (bicyclic) bond motifs is 1. The lowest BCUT2D eigenvalue weighted by molar-refractivity contribution is -0.145. The van der Waals surface area contributed by atoms with Crippen molar-refractivity contribution >= 4 is 22.7 Å². The van der Waals surface area contributed by atoms with Crippen molar-refractivity contribution in [3.05, 3.63) is 71.4 Å². The molecule has 0 unspecified atom stereocenters. The Bertz CT molecular complexity index is 952. The van der Waals surface area contributed by atoms with Crippen molar-refractivity contribution in [1.29, 1.82) is 0 Å². The molecule has 1 N–H and O–H groups in total. The maximum Gasteiger partial charge on any atom is 0.317 e. The van der Waals surface area contributed by atoms with Crippen LogP contribution in [0.15, 0.2) is 54.6 Å². The quantitative estimate of drug-likeness (QED) is 0.568. The number of benzene rings is 2. The lowest BCUT2D eigenvalue weighted by Crippen LogP contribution is -2.26. The second-order valence-corrected chi connectivity index (χ2v) is 6.62. The largest absolute Gasteiger partial charge is 0.457 e. The molecule has 1 aromatic heterocycles. The molecule has 4 rings (SSSR count). The summed E-state index contributed by atoms with van der Waals surface area (Å²) >= 11 is 0. The van der Waals surface area contributed by atoms with Crippen LogP contribution < -0.4 is 0 Å². The van der Waals surface area contributed by atoms with Crippen molar-refractivity contribution in [1.82, 2.24) is 4.98 Å². The number of rotatable bonds is 5. The Morgan fingerprint density at radius 1 is 1.04 bits per heavy atom. The minimum absolute atomic E-state index is 0.174. The number of ketones is 1. The predicted octanol–water partition coefficient (Wildman–Crippen LogP) is 3.93. The Balaban J connectivity index is 1.51. The van der Waals surface area contributed by atoms with Gasteiger partial charge in [-0.15, -0.1) is 0 Å². The molecule has 0 bridgehead atoms. The zero-order valence-corrected chi connectivity index (χ0v) is 14.0. The molecule has 0 aliphatic heterocycles. The van der Waals surface area contributed by atoms with Crippen molar-refractivity contribution in [3.63, 3.8) is 0 Å². The Morgan fingerprint density at radius 3 is 2.44 bits per heavy atom. The molecule has 25 heavy (non-hydrogen) atoms. The fourth-order valence-electron chi connectivity index (χ4n) is 3.47. The van der Waals surface area contributed by atoms with Crippen LogP contribution in [0.3, 0.4) is 0 Å². The third-order valence-corrected chi connectivity index (χ3v) is 4.97. The van der Waals surface area contributed by atoms with Gasteiger partial charge in [-0.1, -0.05) is 48.5 Å². The van der Waals surface area contributed by atoms with Crippen LogP contribution in [0, 0.1) is 6.92 Å². The first-order valence-corrected chi connectivity index (χ1v) is 8.45. The summed E-state index contributed by atoms with van der Waals surface area (Å²) in [5.41, 5.74) is 2.73. The number of carbonyl (C=O) groups is 2. The summed E-state index contributed by atoms with van der Waals surface area (Å²) in [6.45, 7) is 1.64. The number of hydrogen-bond acceptors (Lipinski definition) is 3. The number of esters is 1. The number of Topliss-reactive ketones (excluding diaryl/α,β-unsaturated/α-hetero) is 1. The zero-order valence-electron chi connectivity index (χ0n) is 14.0. The van der Waals surface area contributed by atoms with E-state index in [1.807, 2.05) is 61.5 Å². The molecule has 126 valence electrons. The Morgan fingerprint density at radius 2 is 1.72 bits per heavy atom. The highest BCUT2D eigenvalue weighted by Gasteiger charge is 2.52. The minimum Gasteiger partial charge on any atom is -0.457 e. The van der Waals surface area contributed by atoms with E-state index in [-0.39, 0.29) is 18.4 Å². The number of nitrogens with one attached hydrogen (secondary N) is 1. The van der Waals surface area contributed by atoms with Gasteiger partial charge >= 0.3 is 5.97 Å². The third kappa shape index (κ3) is 2.64. The first-order valence-electron chi connectivity index (χ1n) is 8.45. The van der Waals surface area contributed by atoms with Gasteiger partial charge in [0.2, 0.25) is 5.78 Å². The lowest BCUT2D eigenvalue weighted by atomic mass is 9.96. The second kappa shape index (κ2) is 5.88. The number of hydrogen-bond donors (Lipinski definition) is 1. The number of aryl methyl sites for hydroxylation is 1. The van der Waals surface area contributed by atoms with Crippen molar-refractivity contribution in [2.75, 3.05) is 6.61 Å². The Labute approximate surface area is 145 Å². The molecule has 3 aromatic rings. The summed E-state index contributed by atoms with van der Waals surface area (Å²) in [6, 6.07) is 17.3. The molecule has 0 radical (unpaired) electrons. The number of para-hydroxylation sites is 1. The molecule has 0 saturated heterocycles. The van der Waals surface area contributed by atoms with Gasteiger partial charge in [-0.25, -0.2) is 0 Å². The number of aromatic amines is 1. The van der Waals surface area contributed by atoms with Gasteiger partial charge in [-0.2, -0.15) is 0 Å². The first-order chi connectivity index (χ1) is 12.1. The highest BCUT2D eigenvalue weighted by Crippen LogP contribution is 2.49. The number of carbonyl (C=O) groups excluding carboxylic acids is 2. The maximum absolute atomic E-state index is 12.6. The van der Waals surface area contributed by atoms with E-state index in [9.17, 15) is 9.59 Å². The van der Waals surface area contributed by atoms with Crippen LogP contribution >= 0.6 is 0 Å². The third-order valence-electron chi connectivity index (χ3n) is 4.97. The van der Waals surface area contributed by atoms with Gasteiger partial charge in [0, 0.05) is 22.2 Å². The number of H-pyrrole nitrogens is 1. The summed E-state index contributed by atoms with van der Waals surface area (Å²) in [5.74, 6) is -0.475. The van der Waals surface area contributed by atoms with Crippen molar-refractivity contribution < 1.29 is 14.3 Å². The van der Waals surface area contributed by atoms with E-state index >= 15 is 0 Å². The molecule has 2 aromatic carbocycles. The van der Waals surface area contributed by atoms with Gasteiger partial charge in [-0.05, 0) is 31.4 Å². The van der Waals surface area contributed by atoms with E-state index in [0.717, 1.165) is 35.0 Å². The second-order valence-electron chi connectivity index (χ2n) is 6.62. The number of ether oxygens (including phenoxy) is 1. The van der Waals surface area contributed by atoms with Gasteiger partial charge in [0.15, 0.2) is 6.61 Å². The summed E-state index contributed by atoms with van der Waals surface area (Å²) in [7, 11) is 0. The van der Waals surface area contributed by atoms with Crippen molar-refractivity contribution in [3.8, 4) is 0 Å². The zero-order chi connectivity index (χ0) is 17.4. The summed E-state index contributed by atoms with van der Waals surface area (Å²) in [4.78, 5) is 28.4. The molecule has 4 heteroatoms. The lowest BCUT2D eigenvalue weighted by Gasteiger charge is -2.14. The van der Waals surface area contributed by atoms with Crippen LogP contribution in [0.2, 0.25) is 0 Å². The van der Waals surface area contributed by atoms with Crippen molar-refractivity contribution in [2.24, 2.45) is 0 Å². The molecule has 1 fully saturated rings. The highest BCUT2D eigenvalue weighted by molar-refractivity contribution is 6.10. The van der Waals surface area contributed by atoms with Gasteiger partial charge in [0.1, 0.15) is 0 Å². The van der Waals surface area contributed by atoms with Gasteiger partial charge in [0.25, 0.3) is 0 Å². The number of aromatic nitrogens is 1. The summed E-state index contributed by atoms with van der Waals surface area (Å²) < 4.78 is 5.41. The smallest absolute Gasteiger partial charge is 0.317 e. The summed E-state index contributed by atoms with van der Waals surface area (Å²) in [5, 5.41) is 0.866. The molecular weight excluding hydrogens is 314 g/mol. The van der Waals surface area contributed by atoms with Crippen LogP contribution in [0.5, 0.6) is 0 Å². The van der Waals surface area contributed by atoms with Crippen LogP contribution in [0.1, 0.15) is 34.5 Å². The molecule has 0 amide bonds. The highest BCUT2D eigenvalue weighted by atomic mass is 16.5. The van der Waals surface area contributed by atoms with Gasteiger partial charge in [0.05, 0.1) is 5.41 Å². The predicted molar refractivity (Wildman–Crippen MR) is 95.7 cm³/mol. The molecule has 1 aliphatic rings. The van der Waals surface area contributed by atoms with Gasteiger partial charge < -0.3 is 9.72 Å². The van der Waals surface area contributed by atoms with E-state index in [1.54, 1.807) is 0 Å². The Kier molecular flexibility index (Phi) is 3.68. The average molecular weight is 333 g/mol. The van der Waals surface area contributed by atoms with E-state index in [0.29, 0.717) is 5.56 Å². The van der Waals surface area contributed by atoms with E-state index in [1.165, 1.54) is 0 Å². The standard InChI is InChI=1S/C21H19NO3/c1-14-19(16-9-5-6-10-17(16)22-14)18(23)13-25-20(24)21(11-12-21)15-7-3-2-4-8-15/h2-10,22H,11-13H2,1H3. The SMILES string of the molecule is Cc1[nH]c2ccccc2c1C(=O)COC(=O)C1(c2ccccc2)CC1. The van der Waals surface area contributed by atoms with E-state index < -0.39 is 5.41 Å². The molecule has 1 saturated carbocycles. The Hall–Kier alpha value is -2.88. The van der Waals surface area contributed by atoms with Crippen molar-refractivity contribution in [2.45, 2.75) is 25.2 Å². The van der Waals surface area contributed by atoms with Crippen LogP contribution in [0.25, 0.3) is 10.9 Å². The molecule has 1 heterocycles. The monoisotopic (exact) mass is 333 g/mol. The first kappa shape index (κ1) is 15.6. The normalized spacial score (nSPS) is 15.1. The molecular formula is C21H19NO3. The van der Waals surface area contributed by atoms with Gasteiger partial charge in [-0.3, -0.25) is 9.59 Å². The molecule has 0 spiro atoms. The van der Waals surface area contributed by atoms with E-state index in [4.69, 9.17) is 4.74 Å². The molecule has 1 aliphatic carbocycles. The van der Waals surface area contributed by atoms with Crippen LogP contribution in [-0.4, -0.2) is 23.3 Å². The minimum atomic E-state index is -0.559. The summed E-state index contributed by atoms with van der Waals surface area (Å²) in [6.07, 6.45) is 1.55. The van der Waals surface area contributed by atoms with E-state index in [2.05, 4.69) is 4.98 Å². The topological polar surface area (TPSA) is 59.2 Å². The fourth-order valence-corrected chi connectivity index (χ4v) is 3.47. The fraction of sp³-hybridized carbons (Fsp3) is 0.238.